The molecule has 0 radical (unpaired) electrons. The molecule has 6 nitrogen and oxygen atoms in total. The Bertz CT molecular complexity index is 499. The van der Waals surface area contributed by atoms with E-state index >= 15 is 0 Å². The molecule has 0 saturated carbocycles. The largest absolute Gasteiger partial charge is 0.465 e. The van der Waals surface area contributed by atoms with Crippen molar-refractivity contribution in [2.75, 3.05) is 37.9 Å². The zero-order valence-corrected chi connectivity index (χ0v) is 13.5. The number of hydrogen-bond donors (Lipinski definition) is 2. The van der Waals surface area contributed by atoms with Crippen LogP contribution in [0, 0.1) is 0 Å². The van der Waals surface area contributed by atoms with E-state index in [-0.39, 0.29) is 17.0 Å². The second-order valence-electron chi connectivity index (χ2n) is 4.29. The van der Waals surface area contributed by atoms with Crippen molar-refractivity contribution < 1.29 is 19.1 Å². The Morgan fingerprint density at radius 3 is 2.62 bits per heavy atom. The monoisotopic (exact) mass is 314 g/mol. The van der Waals surface area contributed by atoms with Gasteiger partial charge in [-0.2, -0.15) is 0 Å². The number of ketones is 1. The molecule has 0 spiro atoms. The molecule has 0 saturated heterocycles. The number of hydrogen-bond acceptors (Lipinski definition) is 7. The van der Waals surface area contributed by atoms with Gasteiger partial charge in [0.05, 0.1) is 17.7 Å². The van der Waals surface area contributed by atoms with Crippen LogP contribution in [0.4, 0.5) is 10.7 Å². The fraction of sp³-hybridized carbons (Fsp3) is 0.571. The van der Waals surface area contributed by atoms with Gasteiger partial charge in [-0.25, -0.2) is 4.79 Å². The van der Waals surface area contributed by atoms with Crippen molar-refractivity contribution >= 4 is 33.8 Å². The van der Waals surface area contributed by atoms with Crippen molar-refractivity contribution in [1.29, 1.82) is 0 Å². The first-order chi connectivity index (χ1) is 10.1. The molecule has 1 heterocycles. The number of carbonyl (C=O) groups excluding carboxylic acids is 2. The van der Waals surface area contributed by atoms with Crippen LogP contribution in [0.25, 0.3) is 0 Å². The van der Waals surface area contributed by atoms with E-state index in [1.807, 2.05) is 6.92 Å². The van der Waals surface area contributed by atoms with E-state index in [2.05, 4.69) is 5.32 Å². The van der Waals surface area contributed by atoms with Crippen molar-refractivity contribution in [2.24, 2.45) is 0 Å². The van der Waals surface area contributed by atoms with Gasteiger partial charge in [0, 0.05) is 26.2 Å². The van der Waals surface area contributed by atoms with E-state index in [1.54, 1.807) is 6.92 Å². The van der Waals surface area contributed by atoms with Gasteiger partial charge in [-0.1, -0.05) is 6.92 Å². The number of carbonyl (C=O) groups is 2. The van der Waals surface area contributed by atoms with Crippen molar-refractivity contribution in [3.63, 3.8) is 0 Å². The molecular weight excluding hydrogens is 292 g/mol. The van der Waals surface area contributed by atoms with E-state index in [0.717, 1.165) is 6.42 Å². The average Bonchev–Trinajstić information content (AvgIpc) is 2.82. The fourth-order valence-electron chi connectivity index (χ4n) is 1.76. The van der Waals surface area contributed by atoms with E-state index in [0.29, 0.717) is 36.1 Å². The van der Waals surface area contributed by atoms with Crippen LogP contribution < -0.4 is 11.1 Å². The number of methoxy groups -OCH3 is 1. The number of Topliss-reactive ketones (excluding diaryl/α,β-unsaturated/α-hetero) is 1. The van der Waals surface area contributed by atoms with Crippen LogP contribution in [0.5, 0.6) is 0 Å². The lowest BCUT2D eigenvalue weighted by Crippen LogP contribution is -2.10. The van der Waals surface area contributed by atoms with E-state index in [9.17, 15) is 9.59 Å². The third kappa shape index (κ3) is 4.44. The maximum Gasteiger partial charge on any atom is 0.343 e. The van der Waals surface area contributed by atoms with E-state index < -0.39 is 5.97 Å². The Morgan fingerprint density at radius 2 is 2.05 bits per heavy atom. The second-order valence-corrected chi connectivity index (χ2v) is 5.32. The number of anilines is 2. The normalized spacial score (nSPS) is 10.4. The number of esters is 1. The predicted molar refractivity (Wildman–Crippen MR) is 84.3 cm³/mol. The second kappa shape index (κ2) is 8.63. The van der Waals surface area contributed by atoms with Gasteiger partial charge in [-0.15, -0.1) is 11.3 Å². The summed E-state index contributed by atoms with van der Waals surface area (Å²) in [6.45, 7) is 5.64. The Kier molecular flexibility index (Phi) is 7.18. The summed E-state index contributed by atoms with van der Waals surface area (Å²) >= 11 is 1.20. The van der Waals surface area contributed by atoms with Gasteiger partial charge in [0.25, 0.3) is 0 Å². The number of rotatable bonds is 9. The van der Waals surface area contributed by atoms with Crippen LogP contribution in [-0.2, 0) is 9.47 Å². The lowest BCUT2D eigenvalue weighted by atomic mass is 10.2. The van der Waals surface area contributed by atoms with Crippen LogP contribution >= 0.6 is 11.3 Å². The molecule has 3 N–H and O–H groups in total. The minimum Gasteiger partial charge on any atom is -0.465 e. The molecule has 0 aliphatic carbocycles. The number of nitrogens with one attached hydrogen (secondary N) is 1. The molecule has 1 aromatic heterocycles. The number of ether oxygens (including phenoxy) is 2. The maximum atomic E-state index is 11.9. The van der Waals surface area contributed by atoms with E-state index in [4.69, 9.17) is 15.2 Å². The Hall–Kier alpha value is -1.60. The summed E-state index contributed by atoms with van der Waals surface area (Å²) < 4.78 is 9.99. The molecule has 1 aromatic rings. The SMILES string of the molecule is CCOCCCNc1sc(C(=O)CC)c(N)c1C(=O)OC. The smallest absolute Gasteiger partial charge is 0.343 e. The number of nitrogen functional groups attached to an aromatic ring is 1. The zero-order valence-electron chi connectivity index (χ0n) is 12.7. The third-order valence-electron chi connectivity index (χ3n) is 2.86. The minimum atomic E-state index is -0.536. The highest BCUT2D eigenvalue weighted by molar-refractivity contribution is 7.19. The van der Waals surface area contributed by atoms with E-state index in [1.165, 1.54) is 18.4 Å². The van der Waals surface area contributed by atoms with Crippen LogP contribution in [0.1, 0.15) is 46.7 Å². The Labute approximate surface area is 128 Å². The highest BCUT2D eigenvalue weighted by atomic mass is 32.1. The molecule has 0 aliphatic rings. The van der Waals surface area contributed by atoms with Crippen molar-refractivity contribution in [3.05, 3.63) is 10.4 Å². The van der Waals surface area contributed by atoms with Gasteiger partial charge < -0.3 is 20.5 Å². The van der Waals surface area contributed by atoms with Gasteiger partial charge in [0.1, 0.15) is 10.6 Å². The van der Waals surface area contributed by atoms with Gasteiger partial charge in [-0.3, -0.25) is 4.79 Å². The quantitative estimate of drug-likeness (QED) is 0.413. The predicted octanol–water partition coefficient (Wildman–Crippen LogP) is 2.55. The van der Waals surface area contributed by atoms with Crippen molar-refractivity contribution in [3.8, 4) is 0 Å². The summed E-state index contributed by atoms with van der Waals surface area (Å²) in [6, 6.07) is 0. The summed E-state index contributed by atoms with van der Waals surface area (Å²) in [5.74, 6) is -0.615. The van der Waals surface area contributed by atoms with Crippen LogP contribution in [0.3, 0.4) is 0 Å². The van der Waals surface area contributed by atoms with Crippen molar-refractivity contribution in [1.82, 2.24) is 0 Å². The van der Waals surface area contributed by atoms with Gasteiger partial charge in [0.2, 0.25) is 0 Å². The molecule has 1 rings (SSSR count). The fourth-order valence-corrected chi connectivity index (χ4v) is 2.91. The first kappa shape index (κ1) is 17.5. The van der Waals surface area contributed by atoms with Crippen LogP contribution in [0.2, 0.25) is 0 Å². The molecule has 0 amide bonds. The molecular formula is C14H22N2O4S. The third-order valence-corrected chi connectivity index (χ3v) is 4.07. The molecule has 21 heavy (non-hydrogen) atoms. The average molecular weight is 314 g/mol. The molecule has 0 atom stereocenters. The summed E-state index contributed by atoms with van der Waals surface area (Å²) in [6.07, 6.45) is 1.14. The standard InChI is InChI=1S/C14H22N2O4S/c1-4-9(17)12-11(15)10(14(18)19-3)13(21-12)16-7-6-8-20-5-2/h16H,4-8,15H2,1-3H3. The lowest BCUT2D eigenvalue weighted by Gasteiger charge is -2.06. The maximum absolute atomic E-state index is 11.9. The number of thiophene rings is 1. The Balaban J connectivity index is 2.90. The highest BCUT2D eigenvalue weighted by Crippen LogP contribution is 2.37. The summed E-state index contributed by atoms with van der Waals surface area (Å²) in [7, 11) is 1.29. The molecule has 118 valence electrons. The molecule has 0 fully saturated rings. The van der Waals surface area contributed by atoms with Gasteiger partial charge in [0.15, 0.2) is 5.78 Å². The molecule has 0 aliphatic heterocycles. The van der Waals surface area contributed by atoms with Gasteiger partial charge >= 0.3 is 5.97 Å². The zero-order chi connectivity index (χ0) is 15.8. The molecule has 7 heteroatoms. The molecule has 0 aromatic carbocycles. The summed E-state index contributed by atoms with van der Waals surface area (Å²) in [4.78, 5) is 24.1. The molecule has 0 unspecified atom stereocenters. The summed E-state index contributed by atoms with van der Waals surface area (Å²) in [5.41, 5.74) is 6.38. The minimum absolute atomic E-state index is 0.0787. The number of nitrogens with two attached hydrogens (primary N) is 1. The molecule has 0 bridgehead atoms. The first-order valence-electron chi connectivity index (χ1n) is 6.92. The highest BCUT2D eigenvalue weighted by Gasteiger charge is 2.25. The Morgan fingerprint density at radius 1 is 1.33 bits per heavy atom. The van der Waals surface area contributed by atoms with Gasteiger partial charge in [-0.05, 0) is 13.3 Å². The van der Waals surface area contributed by atoms with Crippen molar-refractivity contribution in [2.45, 2.75) is 26.7 Å². The van der Waals surface area contributed by atoms with Crippen LogP contribution in [-0.4, -0.2) is 38.6 Å². The van der Waals surface area contributed by atoms with Crippen LogP contribution in [0.15, 0.2) is 0 Å². The topological polar surface area (TPSA) is 90.6 Å². The summed E-state index contributed by atoms with van der Waals surface area (Å²) in [5, 5.41) is 3.71. The lowest BCUT2D eigenvalue weighted by molar-refractivity contribution is 0.0603. The first-order valence-corrected chi connectivity index (χ1v) is 7.73.